The van der Waals surface area contributed by atoms with Gasteiger partial charge >= 0.3 is 0 Å². The van der Waals surface area contributed by atoms with E-state index in [1.807, 2.05) is 54.6 Å². The van der Waals surface area contributed by atoms with E-state index in [1.54, 1.807) is 0 Å². The molecule has 0 aliphatic carbocycles. The monoisotopic (exact) mass is 367 g/mol. The molecule has 7 nitrogen and oxygen atoms in total. The van der Waals surface area contributed by atoms with Gasteiger partial charge in [0.05, 0.1) is 17.8 Å². The van der Waals surface area contributed by atoms with E-state index in [0.717, 1.165) is 16.6 Å². The first-order valence-corrected chi connectivity index (χ1v) is 8.87. The number of nitrogens with zero attached hydrogens (tertiary/aromatic N) is 2. The molecule has 0 atom stereocenters. The van der Waals surface area contributed by atoms with Crippen LogP contribution in [0, 0.1) is 0 Å². The van der Waals surface area contributed by atoms with Crippen molar-refractivity contribution >= 4 is 46.0 Å². The lowest BCUT2D eigenvalue weighted by Crippen LogP contribution is -2.34. The third-order valence-corrected chi connectivity index (χ3v) is 4.26. The van der Waals surface area contributed by atoms with Crippen LogP contribution in [0.2, 0.25) is 0 Å². The van der Waals surface area contributed by atoms with Gasteiger partial charge < -0.3 is 16.4 Å². The van der Waals surface area contributed by atoms with E-state index < -0.39 is 5.91 Å². The molecule has 1 heterocycles. The lowest BCUT2D eigenvalue weighted by atomic mass is 10.2. The Labute approximate surface area is 154 Å². The van der Waals surface area contributed by atoms with Crippen LogP contribution in [0.25, 0.3) is 10.9 Å². The van der Waals surface area contributed by atoms with Crippen molar-refractivity contribution in [1.29, 1.82) is 0 Å². The smallest absolute Gasteiger partial charge is 0.236 e. The summed E-state index contributed by atoms with van der Waals surface area (Å²) in [5.41, 5.74) is 6.70. The number of hydrogen-bond donors (Lipinski definition) is 3. The van der Waals surface area contributed by atoms with Gasteiger partial charge in [-0.25, -0.2) is 9.97 Å². The van der Waals surface area contributed by atoms with Crippen molar-refractivity contribution in [2.45, 2.75) is 5.16 Å². The zero-order chi connectivity index (χ0) is 18.4. The van der Waals surface area contributed by atoms with Gasteiger partial charge in [0.1, 0.15) is 5.82 Å². The largest absolute Gasteiger partial charge is 0.368 e. The van der Waals surface area contributed by atoms with Crippen molar-refractivity contribution in [1.82, 2.24) is 15.3 Å². The van der Waals surface area contributed by atoms with Gasteiger partial charge in [-0.2, -0.15) is 0 Å². The minimum absolute atomic E-state index is 0.0936. The molecule has 0 fully saturated rings. The van der Waals surface area contributed by atoms with Crippen molar-refractivity contribution in [2.75, 3.05) is 17.6 Å². The number of carbonyl (C=O) groups is 2. The number of nitrogens with one attached hydrogen (secondary N) is 2. The molecule has 0 bridgehead atoms. The number of fused-ring (bicyclic) bond motifs is 1. The Kier molecular flexibility index (Phi) is 5.65. The molecule has 8 heteroatoms. The zero-order valence-electron chi connectivity index (χ0n) is 13.8. The maximum atomic E-state index is 11.7. The molecule has 1 aromatic heterocycles. The van der Waals surface area contributed by atoms with Crippen LogP contribution in [0.3, 0.4) is 0 Å². The number of nitrogens with two attached hydrogens (primary N) is 1. The summed E-state index contributed by atoms with van der Waals surface area (Å²) < 4.78 is 0. The van der Waals surface area contributed by atoms with Crippen molar-refractivity contribution < 1.29 is 9.59 Å². The third kappa shape index (κ3) is 4.70. The van der Waals surface area contributed by atoms with Crippen LogP contribution in [-0.2, 0) is 9.59 Å². The molecule has 4 N–H and O–H groups in total. The maximum Gasteiger partial charge on any atom is 0.236 e. The van der Waals surface area contributed by atoms with E-state index in [-0.39, 0.29) is 18.2 Å². The molecule has 2 aromatic carbocycles. The van der Waals surface area contributed by atoms with Crippen molar-refractivity contribution in [3.8, 4) is 0 Å². The first kappa shape index (κ1) is 17.7. The number of para-hydroxylation sites is 2. The number of rotatable bonds is 7. The Morgan fingerprint density at radius 2 is 1.73 bits per heavy atom. The van der Waals surface area contributed by atoms with Gasteiger partial charge in [0.25, 0.3) is 0 Å². The normalized spacial score (nSPS) is 10.5. The number of thioether (sulfide) groups is 1. The molecule has 0 unspecified atom stereocenters. The predicted molar refractivity (Wildman–Crippen MR) is 102 cm³/mol. The molecule has 0 spiro atoms. The minimum Gasteiger partial charge on any atom is -0.368 e. The predicted octanol–water partition coefficient (Wildman–Crippen LogP) is 2.07. The summed E-state index contributed by atoms with van der Waals surface area (Å²) in [6, 6.07) is 17.4. The highest BCUT2D eigenvalue weighted by Crippen LogP contribution is 2.26. The van der Waals surface area contributed by atoms with Crippen LogP contribution >= 0.6 is 11.8 Å². The van der Waals surface area contributed by atoms with Crippen molar-refractivity contribution in [3.63, 3.8) is 0 Å². The molecule has 132 valence electrons. The van der Waals surface area contributed by atoms with E-state index in [0.29, 0.717) is 11.0 Å². The Bertz CT molecular complexity index is 933. The fourth-order valence-corrected chi connectivity index (χ4v) is 2.92. The average Bonchev–Trinajstić information content (AvgIpc) is 2.65. The van der Waals surface area contributed by atoms with Gasteiger partial charge in [-0.3, -0.25) is 9.59 Å². The van der Waals surface area contributed by atoms with Gasteiger partial charge in [-0.1, -0.05) is 42.1 Å². The molecule has 0 aliphatic rings. The minimum atomic E-state index is -0.584. The molecular formula is C18H17N5O2S. The summed E-state index contributed by atoms with van der Waals surface area (Å²) in [4.78, 5) is 31.5. The number of hydrogen-bond acceptors (Lipinski definition) is 6. The second-order valence-electron chi connectivity index (χ2n) is 5.39. The molecule has 0 radical (unpaired) electrons. The van der Waals surface area contributed by atoms with E-state index in [4.69, 9.17) is 5.73 Å². The fourth-order valence-electron chi connectivity index (χ4n) is 2.24. The van der Waals surface area contributed by atoms with Gasteiger partial charge in [0, 0.05) is 11.1 Å². The van der Waals surface area contributed by atoms with E-state index >= 15 is 0 Å². The maximum absolute atomic E-state index is 11.7. The zero-order valence-corrected chi connectivity index (χ0v) is 14.6. The molecule has 2 amide bonds. The van der Waals surface area contributed by atoms with Crippen LogP contribution in [0.1, 0.15) is 0 Å². The van der Waals surface area contributed by atoms with Crippen LogP contribution in [-0.4, -0.2) is 34.1 Å². The Balaban J connectivity index is 1.80. The number of aromatic nitrogens is 2. The van der Waals surface area contributed by atoms with Gasteiger partial charge in [-0.15, -0.1) is 0 Å². The summed E-state index contributed by atoms with van der Waals surface area (Å²) in [5, 5.41) is 7.08. The van der Waals surface area contributed by atoms with E-state index in [9.17, 15) is 9.59 Å². The highest BCUT2D eigenvalue weighted by molar-refractivity contribution is 7.99. The molecule has 0 saturated heterocycles. The summed E-state index contributed by atoms with van der Waals surface area (Å²) in [6.45, 7) is -0.182. The molecule has 26 heavy (non-hydrogen) atoms. The SMILES string of the molecule is NC(=O)CNC(=O)CSc1nc(Nc2ccccc2)c2ccccc2n1. The Hall–Kier alpha value is -3.13. The topological polar surface area (TPSA) is 110 Å². The standard InChI is InChI=1S/C18H17N5O2S/c19-15(24)10-20-16(25)11-26-18-22-14-9-5-4-8-13(14)17(23-18)21-12-6-2-1-3-7-12/h1-9H,10-11H2,(H2,19,24)(H,20,25)(H,21,22,23). The van der Waals surface area contributed by atoms with Gasteiger partial charge in [-0.05, 0) is 24.3 Å². The highest BCUT2D eigenvalue weighted by Gasteiger charge is 2.10. The number of primary amides is 1. The Morgan fingerprint density at radius 1 is 1.00 bits per heavy atom. The first-order chi connectivity index (χ1) is 12.6. The second-order valence-corrected chi connectivity index (χ2v) is 6.34. The van der Waals surface area contributed by atoms with Crippen LogP contribution in [0.4, 0.5) is 11.5 Å². The fraction of sp³-hybridized carbons (Fsp3) is 0.111. The summed E-state index contributed by atoms with van der Waals surface area (Å²) in [6.07, 6.45) is 0. The second kappa shape index (κ2) is 8.30. The summed E-state index contributed by atoms with van der Waals surface area (Å²) in [5.74, 6) is -0.124. The molecule has 3 rings (SSSR count). The van der Waals surface area contributed by atoms with E-state index in [2.05, 4.69) is 20.6 Å². The van der Waals surface area contributed by atoms with Crippen molar-refractivity contribution in [3.05, 3.63) is 54.6 Å². The van der Waals surface area contributed by atoms with Crippen LogP contribution in [0.5, 0.6) is 0 Å². The summed E-state index contributed by atoms with van der Waals surface area (Å²) in [7, 11) is 0. The lowest BCUT2D eigenvalue weighted by Gasteiger charge is -2.10. The molecular weight excluding hydrogens is 350 g/mol. The van der Waals surface area contributed by atoms with E-state index in [1.165, 1.54) is 11.8 Å². The van der Waals surface area contributed by atoms with Crippen LogP contribution < -0.4 is 16.4 Å². The highest BCUT2D eigenvalue weighted by atomic mass is 32.2. The van der Waals surface area contributed by atoms with Crippen molar-refractivity contribution in [2.24, 2.45) is 5.73 Å². The third-order valence-electron chi connectivity index (χ3n) is 3.41. The lowest BCUT2D eigenvalue weighted by molar-refractivity contribution is -0.123. The van der Waals surface area contributed by atoms with Crippen LogP contribution in [0.15, 0.2) is 59.8 Å². The number of anilines is 2. The molecule has 3 aromatic rings. The number of benzene rings is 2. The average molecular weight is 367 g/mol. The molecule has 0 saturated carbocycles. The Morgan fingerprint density at radius 3 is 2.50 bits per heavy atom. The molecule has 0 aliphatic heterocycles. The quantitative estimate of drug-likeness (QED) is 0.436. The number of amides is 2. The number of carbonyl (C=O) groups excluding carboxylic acids is 2. The van der Waals surface area contributed by atoms with Gasteiger partial charge in [0.15, 0.2) is 5.16 Å². The van der Waals surface area contributed by atoms with Gasteiger partial charge in [0.2, 0.25) is 11.8 Å². The summed E-state index contributed by atoms with van der Waals surface area (Å²) >= 11 is 1.19. The first-order valence-electron chi connectivity index (χ1n) is 7.88.